The van der Waals surface area contributed by atoms with Crippen LogP contribution in [0.5, 0.6) is 0 Å². The smallest absolute Gasteiger partial charge is 0.337 e. The minimum absolute atomic E-state index is 0.659. The number of aliphatic hydroxyl groups excluding tert-OH is 1. The fourth-order valence-corrected chi connectivity index (χ4v) is 5.58. The Kier molecular flexibility index (Phi) is 5.10. The number of hydrogen-bond acceptors (Lipinski definition) is 2. The van der Waals surface area contributed by atoms with E-state index in [9.17, 15) is 5.11 Å². The van der Waals surface area contributed by atoms with Crippen molar-refractivity contribution in [1.29, 1.82) is 0 Å². The third kappa shape index (κ3) is 3.35. The summed E-state index contributed by atoms with van der Waals surface area (Å²) in [5.74, 6) is 0.720. The van der Waals surface area contributed by atoms with E-state index in [4.69, 9.17) is 4.74 Å². The zero-order chi connectivity index (χ0) is 23.3. The van der Waals surface area contributed by atoms with Crippen molar-refractivity contribution in [3.63, 3.8) is 0 Å². The van der Waals surface area contributed by atoms with Crippen LogP contribution in [0.4, 0.5) is 0 Å². The Morgan fingerprint density at radius 3 is 2.36 bits per heavy atom. The molecule has 3 aromatic carbocycles. The zero-order valence-corrected chi connectivity index (χ0v) is 19.9. The van der Waals surface area contributed by atoms with E-state index in [1.54, 1.807) is 6.92 Å². The molecule has 0 amide bonds. The maximum atomic E-state index is 10.7. The monoisotopic (exact) mass is 436 g/mol. The van der Waals surface area contributed by atoms with Crippen molar-refractivity contribution in [1.82, 2.24) is 0 Å². The Balaban J connectivity index is 1.80. The third-order valence-corrected chi connectivity index (χ3v) is 6.72. The summed E-state index contributed by atoms with van der Waals surface area (Å²) in [7, 11) is 0. The Morgan fingerprint density at radius 2 is 1.64 bits per heavy atom. The van der Waals surface area contributed by atoms with Gasteiger partial charge in [0.25, 0.3) is 0 Å². The van der Waals surface area contributed by atoms with Crippen molar-refractivity contribution in [3.05, 3.63) is 107 Å². The Labute approximate surface area is 195 Å². The molecule has 1 aliphatic heterocycles. The van der Waals surface area contributed by atoms with Crippen molar-refractivity contribution >= 4 is 16.5 Å². The van der Waals surface area contributed by atoms with Gasteiger partial charge in [-0.3, -0.25) is 0 Å². The Morgan fingerprint density at radius 1 is 0.939 bits per heavy atom. The highest BCUT2D eigenvalue weighted by atomic mass is 16.5. The fourth-order valence-electron chi connectivity index (χ4n) is 5.58. The molecule has 4 aromatic rings. The van der Waals surface area contributed by atoms with E-state index in [-0.39, 0.29) is 0 Å². The quantitative estimate of drug-likeness (QED) is 0.302. The number of aliphatic hydroxyl groups is 1. The molecule has 2 atom stereocenters. The van der Waals surface area contributed by atoms with Gasteiger partial charge in [-0.15, -0.1) is 4.57 Å². The van der Waals surface area contributed by atoms with Gasteiger partial charge in [-0.2, -0.15) is 0 Å². The van der Waals surface area contributed by atoms with E-state index in [1.165, 1.54) is 27.6 Å². The van der Waals surface area contributed by atoms with Gasteiger partial charge in [-0.25, -0.2) is 0 Å². The van der Waals surface area contributed by atoms with Crippen molar-refractivity contribution in [2.75, 3.05) is 0 Å². The van der Waals surface area contributed by atoms with Gasteiger partial charge in [0.15, 0.2) is 0 Å². The lowest BCUT2D eigenvalue weighted by Crippen LogP contribution is -2.55. The lowest BCUT2D eigenvalue weighted by Gasteiger charge is -2.27. The maximum Gasteiger partial charge on any atom is 0.337 e. The second-order valence-corrected chi connectivity index (χ2v) is 9.21. The van der Waals surface area contributed by atoms with Crippen LogP contribution < -0.4 is 4.57 Å². The number of hydrogen-bond donors (Lipinski definition) is 1. The molecule has 0 saturated heterocycles. The van der Waals surface area contributed by atoms with Gasteiger partial charge < -0.3 is 9.84 Å². The first kappa shape index (κ1) is 21.4. The van der Waals surface area contributed by atoms with Crippen LogP contribution in [0.1, 0.15) is 43.0 Å². The molecule has 0 fully saturated rings. The molecule has 1 N–H and O–H groups in total. The highest BCUT2D eigenvalue weighted by Crippen LogP contribution is 2.44. The number of benzene rings is 3. The van der Waals surface area contributed by atoms with E-state index in [0.29, 0.717) is 0 Å². The van der Waals surface area contributed by atoms with E-state index in [2.05, 4.69) is 73.9 Å². The highest BCUT2D eigenvalue weighted by molar-refractivity contribution is 5.80. The van der Waals surface area contributed by atoms with E-state index < -0.39 is 11.8 Å². The van der Waals surface area contributed by atoms with Crippen molar-refractivity contribution < 1.29 is 14.4 Å². The van der Waals surface area contributed by atoms with Crippen molar-refractivity contribution in [2.45, 2.75) is 46.4 Å². The first-order valence-electron chi connectivity index (χ1n) is 11.5. The van der Waals surface area contributed by atoms with Crippen molar-refractivity contribution in [3.8, 4) is 11.3 Å². The Hall–Kier alpha value is -3.43. The molecule has 2 heterocycles. The standard InChI is InChI=1S/C30H30NO2/c1-19-17-20(2)29-25(18-19)27-16-15-23-11-9-10-14-26(23)31(27)30(29,5)33-22(4)28(21(3)32)24-12-7-6-8-13-24/h6-18,21,32H,1-5H3/q+1/b28-22+. The molecular formula is C30H30NO2+. The predicted octanol–water partition coefficient (Wildman–Crippen LogP) is 6.27. The molecule has 0 bridgehead atoms. The van der Waals surface area contributed by atoms with Crippen molar-refractivity contribution in [2.24, 2.45) is 0 Å². The Bertz CT molecular complexity index is 1400. The number of ether oxygens (including phenoxy) is 1. The predicted molar refractivity (Wildman–Crippen MR) is 134 cm³/mol. The molecule has 0 radical (unpaired) electrons. The minimum atomic E-state index is -0.762. The van der Waals surface area contributed by atoms with Crippen LogP contribution in [0.25, 0.3) is 27.7 Å². The number of allylic oxidation sites excluding steroid dienone is 1. The molecule has 0 spiro atoms. The number of aryl methyl sites for hydroxylation is 2. The molecule has 0 aliphatic carbocycles. The summed E-state index contributed by atoms with van der Waals surface area (Å²) >= 11 is 0. The molecule has 5 rings (SSSR count). The average molecular weight is 437 g/mol. The van der Waals surface area contributed by atoms with Gasteiger partial charge >= 0.3 is 5.72 Å². The summed E-state index contributed by atoms with van der Waals surface area (Å²) in [6, 6.07) is 27.3. The second kappa shape index (κ2) is 7.86. The largest absolute Gasteiger partial charge is 0.432 e. The zero-order valence-electron chi connectivity index (χ0n) is 19.9. The van der Waals surface area contributed by atoms with Gasteiger partial charge in [0.1, 0.15) is 5.76 Å². The topological polar surface area (TPSA) is 33.3 Å². The summed E-state index contributed by atoms with van der Waals surface area (Å²) in [6.07, 6.45) is -0.659. The van der Waals surface area contributed by atoms with Gasteiger partial charge in [0.2, 0.25) is 11.2 Å². The third-order valence-electron chi connectivity index (χ3n) is 6.72. The van der Waals surface area contributed by atoms with Crippen LogP contribution in [-0.4, -0.2) is 11.2 Å². The molecule has 166 valence electrons. The molecule has 1 aliphatic rings. The lowest BCUT2D eigenvalue weighted by atomic mass is 9.93. The molecule has 3 nitrogen and oxygen atoms in total. The van der Waals surface area contributed by atoms with Gasteiger partial charge in [-0.1, -0.05) is 48.5 Å². The summed E-state index contributed by atoms with van der Waals surface area (Å²) in [5.41, 5.74) is 8.08. The molecule has 0 saturated carbocycles. The summed E-state index contributed by atoms with van der Waals surface area (Å²) < 4.78 is 9.25. The summed E-state index contributed by atoms with van der Waals surface area (Å²) in [5, 5.41) is 11.9. The second-order valence-electron chi connectivity index (χ2n) is 9.21. The number of para-hydroxylation sites is 1. The van der Waals surface area contributed by atoms with Crippen LogP contribution in [0.2, 0.25) is 0 Å². The first-order chi connectivity index (χ1) is 15.8. The molecule has 1 aromatic heterocycles. The van der Waals surface area contributed by atoms with Crippen LogP contribution in [0, 0.1) is 13.8 Å². The number of aromatic nitrogens is 1. The molecular weight excluding hydrogens is 406 g/mol. The SMILES string of the molecule is C/C(OC1(C)c2c(C)cc(C)cc2-c2ccc3ccccc3[n+]21)=C(\c1ccccc1)C(C)O. The van der Waals surface area contributed by atoms with E-state index in [1.807, 2.05) is 37.3 Å². The average Bonchev–Trinajstić information content (AvgIpc) is 3.02. The first-order valence-corrected chi connectivity index (χ1v) is 11.5. The maximum absolute atomic E-state index is 10.7. The molecule has 3 heteroatoms. The van der Waals surface area contributed by atoms with Crippen LogP contribution in [-0.2, 0) is 10.5 Å². The lowest BCUT2D eigenvalue weighted by molar-refractivity contribution is -0.755. The normalized spacial score (nSPS) is 18.5. The van der Waals surface area contributed by atoms with Crippen LogP contribution >= 0.6 is 0 Å². The molecule has 33 heavy (non-hydrogen) atoms. The minimum Gasteiger partial charge on any atom is -0.432 e. The fraction of sp³-hybridized carbons (Fsp3) is 0.233. The number of fused-ring (bicyclic) bond motifs is 5. The number of nitrogens with zero attached hydrogens (tertiary/aromatic N) is 1. The van der Waals surface area contributed by atoms with Crippen LogP contribution in [0.3, 0.4) is 0 Å². The van der Waals surface area contributed by atoms with Crippen LogP contribution in [0.15, 0.2) is 84.6 Å². The van der Waals surface area contributed by atoms with Gasteiger partial charge in [0, 0.05) is 30.0 Å². The number of rotatable bonds is 4. The summed E-state index contributed by atoms with van der Waals surface area (Å²) in [4.78, 5) is 0. The number of pyridine rings is 1. The van der Waals surface area contributed by atoms with Gasteiger partial charge in [-0.05, 0) is 62.6 Å². The van der Waals surface area contributed by atoms with Gasteiger partial charge in [0.05, 0.1) is 17.2 Å². The summed E-state index contributed by atoms with van der Waals surface area (Å²) in [6.45, 7) is 10.2. The van der Waals surface area contributed by atoms with E-state index in [0.717, 1.165) is 28.1 Å². The molecule has 2 unspecified atom stereocenters. The van der Waals surface area contributed by atoms with E-state index >= 15 is 0 Å². The highest BCUT2D eigenvalue weighted by Gasteiger charge is 2.52.